The van der Waals surface area contributed by atoms with Crippen LogP contribution in [-0.2, 0) is 0 Å². The number of nitrogens with one attached hydrogen (secondary N) is 1. The van der Waals surface area contributed by atoms with Crippen LogP contribution in [0.2, 0.25) is 5.02 Å². The van der Waals surface area contributed by atoms with Crippen LogP contribution in [0.3, 0.4) is 0 Å². The number of carbonyl (C=O) groups excluding carboxylic acids is 1. The van der Waals surface area contributed by atoms with Crippen molar-refractivity contribution in [2.24, 2.45) is 0 Å². The summed E-state index contributed by atoms with van der Waals surface area (Å²) in [6, 6.07) is 10.6. The molecule has 1 aromatic heterocycles. The van der Waals surface area contributed by atoms with Crippen molar-refractivity contribution in [3.8, 4) is 11.3 Å². The normalized spacial score (nSPS) is 12.2. The first-order valence-electron chi connectivity index (χ1n) is 6.39. The molecule has 1 heterocycles. The average molecular weight is 294 g/mol. The van der Waals surface area contributed by atoms with E-state index < -0.39 is 6.10 Å². The van der Waals surface area contributed by atoms with E-state index in [9.17, 15) is 4.79 Å². The number of hydrogen-bond acceptors (Lipinski definition) is 3. The van der Waals surface area contributed by atoms with E-state index in [-0.39, 0.29) is 11.7 Å². The molecule has 0 bridgehead atoms. The molecule has 20 heavy (non-hydrogen) atoms. The molecule has 5 heteroatoms. The van der Waals surface area contributed by atoms with Gasteiger partial charge in [0.05, 0.1) is 11.1 Å². The Morgan fingerprint density at radius 3 is 2.80 bits per heavy atom. The third-order valence-electron chi connectivity index (χ3n) is 2.82. The molecule has 4 nitrogen and oxygen atoms in total. The summed E-state index contributed by atoms with van der Waals surface area (Å²) in [6.07, 6.45) is 0.0645. The summed E-state index contributed by atoms with van der Waals surface area (Å²) in [5.41, 5.74) is 0.747. The Labute approximate surface area is 122 Å². The number of rotatable bonds is 5. The highest BCUT2D eigenvalue weighted by Gasteiger charge is 2.13. The molecular weight excluding hydrogens is 278 g/mol. The van der Waals surface area contributed by atoms with Crippen molar-refractivity contribution < 1.29 is 14.3 Å². The van der Waals surface area contributed by atoms with Gasteiger partial charge in [0.2, 0.25) is 0 Å². The van der Waals surface area contributed by atoms with Gasteiger partial charge in [-0.2, -0.15) is 0 Å². The fourth-order valence-electron chi connectivity index (χ4n) is 1.75. The number of halogens is 1. The molecule has 0 saturated carbocycles. The van der Waals surface area contributed by atoms with E-state index in [2.05, 4.69) is 5.32 Å². The van der Waals surface area contributed by atoms with Gasteiger partial charge in [-0.1, -0.05) is 23.7 Å². The zero-order valence-electron chi connectivity index (χ0n) is 11.1. The molecule has 1 unspecified atom stereocenters. The minimum atomic E-state index is -0.439. The van der Waals surface area contributed by atoms with E-state index in [0.29, 0.717) is 23.7 Å². The summed E-state index contributed by atoms with van der Waals surface area (Å²) in [5, 5.41) is 12.4. The predicted octanol–water partition coefficient (Wildman–Crippen LogP) is 3.10. The van der Waals surface area contributed by atoms with Gasteiger partial charge in [0.15, 0.2) is 5.76 Å². The molecule has 0 aliphatic carbocycles. The molecule has 0 radical (unpaired) electrons. The van der Waals surface area contributed by atoms with Crippen LogP contribution in [0.1, 0.15) is 23.9 Å². The summed E-state index contributed by atoms with van der Waals surface area (Å²) in [5.74, 6) is 0.478. The SMILES string of the molecule is CC(O)CCNC(=O)c1ccc(-c2ccccc2Cl)o1. The highest BCUT2D eigenvalue weighted by molar-refractivity contribution is 6.33. The standard InChI is InChI=1S/C15H16ClNO3/c1-10(18)8-9-17-15(19)14-7-6-13(20-14)11-4-2-3-5-12(11)16/h2-7,10,18H,8-9H2,1H3,(H,17,19). The van der Waals surface area contributed by atoms with Gasteiger partial charge >= 0.3 is 0 Å². The maximum atomic E-state index is 11.8. The molecule has 2 rings (SSSR count). The van der Waals surface area contributed by atoms with Gasteiger partial charge < -0.3 is 14.8 Å². The van der Waals surface area contributed by atoms with Crippen molar-refractivity contribution >= 4 is 17.5 Å². The van der Waals surface area contributed by atoms with E-state index in [1.54, 1.807) is 25.1 Å². The van der Waals surface area contributed by atoms with Gasteiger partial charge in [0.25, 0.3) is 5.91 Å². The maximum absolute atomic E-state index is 11.8. The smallest absolute Gasteiger partial charge is 0.287 e. The molecule has 1 atom stereocenters. The van der Waals surface area contributed by atoms with Crippen LogP contribution in [0.4, 0.5) is 0 Å². The fraction of sp³-hybridized carbons (Fsp3) is 0.267. The lowest BCUT2D eigenvalue weighted by molar-refractivity contribution is 0.0919. The monoisotopic (exact) mass is 293 g/mol. The third-order valence-corrected chi connectivity index (χ3v) is 3.15. The largest absolute Gasteiger partial charge is 0.451 e. The Hall–Kier alpha value is -1.78. The first-order chi connectivity index (χ1) is 9.58. The van der Waals surface area contributed by atoms with Crippen LogP contribution < -0.4 is 5.32 Å². The Kier molecular flexibility index (Phi) is 4.82. The van der Waals surface area contributed by atoms with E-state index in [4.69, 9.17) is 21.1 Å². The number of carbonyl (C=O) groups is 1. The Morgan fingerprint density at radius 1 is 1.35 bits per heavy atom. The van der Waals surface area contributed by atoms with Crippen LogP contribution in [0.5, 0.6) is 0 Å². The zero-order chi connectivity index (χ0) is 14.5. The van der Waals surface area contributed by atoms with Crippen molar-refractivity contribution in [3.05, 3.63) is 47.2 Å². The van der Waals surface area contributed by atoms with Gasteiger partial charge in [0, 0.05) is 12.1 Å². The molecule has 2 N–H and O–H groups in total. The van der Waals surface area contributed by atoms with Crippen LogP contribution in [0.25, 0.3) is 11.3 Å². The van der Waals surface area contributed by atoms with Gasteiger partial charge in [-0.05, 0) is 37.6 Å². The average Bonchev–Trinajstić information content (AvgIpc) is 2.88. The lowest BCUT2D eigenvalue weighted by Gasteiger charge is -2.05. The van der Waals surface area contributed by atoms with Crippen molar-refractivity contribution in [2.75, 3.05) is 6.54 Å². The fourth-order valence-corrected chi connectivity index (χ4v) is 1.98. The summed E-state index contributed by atoms with van der Waals surface area (Å²) in [6.45, 7) is 2.08. The minimum Gasteiger partial charge on any atom is -0.451 e. The Bertz CT molecular complexity index is 592. The van der Waals surface area contributed by atoms with E-state index >= 15 is 0 Å². The molecule has 0 aliphatic rings. The summed E-state index contributed by atoms with van der Waals surface area (Å²) >= 11 is 6.08. The summed E-state index contributed by atoms with van der Waals surface area (Å²) in [7, 11) is 0. The number of furan rings is 1. The van der Waals surface area contributed by atoms with E-state index in [1.165, 1.54) is 0 Å². The van der Waals surface area contributed by atoms with E-state index in [0.717, 1.165) is 5.56 Å². The lowest BCUT2D eigenvalue weighted by atomic mass is 10.2. The van der Waals surface area contributed by atoms with Crippen LogP contribution >= 0.6 is 11.6 Å². The highest BCUT2D eigenvalue weighted by Crippen LogP contribution is 2.28. The maximum Gasteiger partial charge on any atom is 0.287 e. The van der Waals surface area contributed by atoms with Crippen molar-refractivity contribution in [1.29, 1.82) is 0 Å². The van der Waals surface area contributed by atoms with Crippen LogP contribution in [-0.4, -0.2) is 23.7 Å². The Balaban J connectivity index is 2.06. The second-order valence-corrected chi connectivity index (χ2v) is 4.94. The third kappa shape index (κ3) is 3.62. The molecule has 0 aliphatic heterocycles. The number of benzene rings is 1. The minimum absolute atomic E-state index is 0.227. The predicted molar refractivity (Wildman–Crippen MR) is 77.8 cm³/mol. The number of aliphatic hydroxyl groups is 1. The lowest BCUT2D eigenvalue weighted by Crippen LogP contribution is -2.26. The number of aliphatic hydroxyl groups excluding tert-OH is 1. The molecule has 0 saturated heterocycles. The molecule has 0 spiro atoms. The van der Waals surface area contributed by atoms with Crippen LogP contribution in [0, 0.1) is 0 Å². The molecule has 0 fully saturated rings. The van der Waals surface area contributed by atoms with Gasteiger partial charge in [-0.15, -0.1) is 0 Å². The topological polar surface area (TPSA) is 62.5 Å². The van der Waals surface area contributed by atoms with Crippen molar-refractivity contribution in [2.45, 2.75) is 19.4 Å². The number of amides is 1. The zero-order valence-corrected chi connectivity index (χ0v) is 11.9. The molecule has 106 valence electrons. The molecule has 1 aromatic carbocycles. The summed E-state index contributed by atoms with van der Waals surface area (Å²) in [4.78, 5) is 11.8. The number of hydrogen-bond donors (Lipinski definition) is 2. The van der Waals surface area contributed by atoms with Gasteiger partial charge in [-0.3, -0.25) is 4.79 Å². The quantitative estimate of drug-likeness (QED) is 0.890. The molecular formula is C15H16ClNO3. The molecule has 2 aromatic rings. The molecule has 1 amide bonds. The Morgan fingerprint density at radius 2 is 2.10 bits per heavy atom. The highest BCUT2D eigenvalue weighted by atomic mass is 35.5. The van der Waals surface area contributed by atoms with Crippen LogP contribution in [0.15, 0.2) is 40.8 Å². The van der Waals surface area contributed by atoms with Crippen molar-refractivity contribution in [3.63, 3.8) is 0 Å². The first-order valence-corrected chi connectivity index (χ1v) is 6.76. The van der Waals surface area contributed by atoms with E-state index in [1.807, 2.05) is 18.2 Å². The van der Waals surface area contributed by atoms with Gasteiger partial charge in [0.1, 0.15) is 5.76 Å². The second-order valence-electron chi connectivity index (χ2n) is 4.54. The van der Waals surface area contributed by atoms with Gasteiger partial charge in [-0.25, -0.2) is 0 Å². The first kappa shape index (κ1) is 14.6. The van der Waals surface area contributed by atoms with Crippen molar-refractivity contribution in [1.82, 2.24) is 5.32 Å². The second kappa shape index (κ2) is 6.59. The summed E-state index contributed by atoms with van der Waals surface area (Å²) < 4.78 is 5.51.